The normalized spacial score (nSPS) is 11.5. The van der Waals surface area contributed by atoms with Gasteiger partial charge in [0.2, 0.25) is 15.8 Å². The standard InChI is InChI=1S/C22H23N7O3S/c1-15-13-24-19(25-15)14-28(2)22(30)21-26-20(12-16-6-4-3-5-7-16)29(27-21)17-8-10-18(11-9-17)33(23,31)32/h3-11,13H,12,14H2,1-2H3,(H,24,25)(H2,23,31,32). The Morgan fingerprint density at radius 1 is 1.09 bits per heavy atom. The van der Waals surface area contributed by atoms with Crippen molar-refractivity contribution in [1.82, 2.24) is 29.6 Å². The van der Waals surface area contributed by atoms with E-state index in [0.29, 0.717) is 23.8 Å². The summed E-state index contributed by atoms with van der Waals surface area (Å²) in [7, 11) is -2.17. The molecule has 0 saturated carbocycles. The molecule has 10 nitrogen and oxygen atoms in total. The van der Waals surface area contributed by atoms with Gasteiger partial charge < -0.3 is 9.88 Å². The zero-order valence-electron chi connectivity index (χ0n) is 18.1. The molecule has 1 amide bonds. The van der Waals surface area contributed by atoms with Crippen molar-refractivity contribution >= 4 is 15.9 Å². The lowest BCUT2D eigenvalue weighted by Crippen LogP contribution is -2.27. The minimum atomic E-state index is -3.82. The molecule has 11 heteroatoms. The Bertz CT molecular complexity index is 1380. The number of rotatable bonds is 7. The Morgan fingerprint density at radius 3 is 2.39 bits per heavy atom. The van der Waals surface area contributed by atoms with Crippen LogP contribution in [0.25, 0.3) is 5.69 Å². The molecule has 0 saturated heterocycles. The maximum atomic E-state index is 13.0. The largest absolute Gasteiger partial charge is 0.347 e. The van der Waals surface area contributed by atoms with Gasteiger partial charge >= 0.3 is 0 Å². The number of primary sulfonamides is 1. The van der Waals surface area contributed by atoms with Crippen molar-refractivity contribution in [2.75, 3.05) is 7.05 Å². The SMILES string of the molecule is Cc1c[nH]c(CN(C)C(=O)c2nc(Cc3ccccc3)n(-c3ccc(S(N)(=O)=O)cc3)n2)n1. The van der Waals surface area contributed by atoms with Crippen LogP contribution in [0.15, 0.2) is 65.7 Å². The Labute approximate surface area is 191 Å². The highest BCUT2D eigenvalue weighted by atomic mass is 32.2. The van der Waals surface area contributed by atoms with Crippen LogP contribution < -0.4 is 5.14 Å². The summed E-state index contributed by atoms with van der Waals surface area (Å²) < 4.78 is 24.7. The maximum Gasteiger partial charge on any atom is 0.293 e. The van der Waals surface area contributed by atoms with Gasteiger partial charge in [0.1, 0.15) is 11.6 Å². The van der Waals surface area contributed by atoms with Gasteiger partial charge in [-0.2, -0.15) is 0 Å². The third kappa shape index (κ3) is 5.16. The molecule has 2 aromatic carbocycles. The highest BCUT2D eigenvalue weighted by molar-refractivity contribution is 7.89. The zero-order valence-corrected chi connectivity index (χ0v) is 19.0. The summed E-state index contributed by atoms with van der Waals surface area (Å²) in [4.78, 5) is 26.4. The van der Waals surface area contributed by atoms with Crippen molar-refractivity contribution in [1.29, 1.82) is 0 Å². The highest BCUT2D eigenvalue weighted by Crippen LogP contribution is 2.17. The number of amides is 1. The molecule has 4 aromatic rings. The van der Waals surface area contributed by atoms with E-state index in [9.17, 15) is 13.2 Å². The number of sulfonamides is 1. The lowest BCUT2D eigenvalue weighted by Gasteiger charge is -2.13. The fourth-order valence-electron chi connectivity index (χ4n) is 3.32. The van der Waals surface area contributed by atoms with Gasteiger partial charge in [-0.3, -0.25) is 4.79 Å². The second-order valence-electron chi connectivity index (χ2n) is 7.61. The van der Waals surface area contributed by atoms with Gasteiger partial charge in [-0.05, 0) is 36.8 Å². The number of H-pyrrole nitrogens is 1. The van der Waals surface area contributed by atoms with Gasteiger partial charge in [-0.1, -0.05) is 30.3 Å². The second kappa shape index (κ2) is 8.96. The molecule has 0 aliphatic rings. The Hall–Kier alpha value is -3.83. The maximum absolute atomic E-state index is 13.0. The van der Waals surface area contributed by atoms with E-state index < -0.39 is 10.0 Å². The van der Waals surface area contributed by atoms with Crippen molar-refractivity contribution < 1.29 is 13.2 Å². The molecule has 170 valence electrons. The van der Waals surface area contributed by atoms with Crippen molar-refractivity contribution in [3.05, 3.63) is 89.5 Å². The molecule has 4 rings (SSSR count). The highest BCUT2D eigenvalue weighted by Gasteiger charge is 2.22. The number of aromatic nitrogens is 5. The van der Waals surface area contributed by atoms with Gasteiger partial charge in [0.15, 0.2) is 0 Å². The van der Waals surface area contributed by atoms with Crippen LogP contribution in [0.1, 0.15) is 33.5 Å². The molecule has 0 radical (unpaired) electrons. The van der Waals surface area contributed by atoms with E-state index in [-0.39, 0.29) is 23.2 Å². The molecule has 2 heterocycles. The van der Waals surface area contributed by atoms with Crippen LogP contribution in [-0.4, -0.2) is 51.0 Å². The number of carbonyl (C=O) groups excluding carboxylic acids is 1. The van der Waals surface area contributed by atoms with Gasteiger partial charge in [0.25, 0.3) is 5.91 Å². The molecule has 0 spiro atoms. The van der Waals surface area contributed by atoms with E-state index >= 15 is 0 Å². The molecule has 0 unspecified atom stereocenters. The van der Waals surface area contributed by atoms with Crippen LogP contribution in [0.5, 0.6) is 0 Å². The first-order valence-corrected chi connectivity index (χ1v) is 11.6. The Balaban J connectivity index is 1.68. The summed E-state index contributed by atoms with van der Waals surface area (Å²) in [5.74, 6) is 0.863. The lowest BCUT2D eigenvalue weighted by molar-refractivity contribution is 0.0769. The third-order valence-corrected chi connectivity index (χ3v) is 5.90. The summed E-state index contributed by atoms with van der Waals surface area (Å²) in [5.41, 5.74) is 2.39. The van der Waals surface area contributed by atoms with Gasteiger partial charge in [0.05, 0.1) is 22.8 Å². The summed E-state index contributed by atoms with van der Waals surface area (Å²) in [6.07, 6.45) is 2.20. The Kier molecular flexibility index (Phi) is 6.07. The second-order valence-corrected chi connectivity index (χ2v) is 9.18. The van der Waals surface area contributed by atoms with E-state index in [2.05, 4.69) is 20.1 Å². The number of hydrogen-bond donors (Lipinski definition) is 2. The topological polar surface area (TPSA) is 140 Å². The first-order valence-electron chi connectivity index (χ1n) is 10.1. The molecule has 0 fully saturated rings. The molecule has 0 atom stereocenters. The quantitative estimate of drug-likeness (QED) is 0.427. The predicted octanol–water partition coefficient (Wildman–Crippen LogP) is 1.81. The molecular formula is C22H23N7O3S. The van der Waals surface area contributed by atoms with E-state index in [1.165, 1.54) is 21.7 Å². The van der Waals surface area contributed by atoms with E-state index in [0.717, 1.165) is 11.3 Å². The molecule has 0 aliphatic heterocycles. The van der Waals surface area contributed by atoms with Crippen LogP contribution in [0, 0.1) is 6.92 Å². The van der Waals surface area contributed by atoms with Gasteiger partial charge in [-0.25, -0.2) is 28.2 Å². The van der Waals surface area contributed by atoms with Crippen molar-refractivity contribution in [2.45, 2.75) is 24.8 Å². The summed E-state index contributed by atoms with van der Waals surface area (Å²) >= 11 is 0. The predicted molar refractivity (Wildman–Crippen MR) is 121 cm³/mol. The molecule has 0 bridgehead atoms. The molecule has 0 aliphatic carbocycles. The fraction of sp³-hybridized carbons (Fsp3) is 0.182. The average Bonchev–Trinajstić information content (AvgIpc) is 3.39. The first kappa shape index (κ1) is 22.4. The molecule has 3 N–H and O–H groups in total. The minimum absolute atomic E-state index is 0.0132. The number of hydrogen-bond acceptors (Lipinski definition) is 6. The number of aromatic amines is 1. The molecule has 2 aromatic heterocycles. The fourth-order valence-corrected chi connectivity index (χ4v) is 3.84. The van der Waals surface area contributed by atoms with Crippen molar-refractivity contribution in [3.8, 4) is 5.69 Å². The van der Waals surface area contributed by atoms with Gasteiger partial charge in [-0.15, -0.1) is 5.10 Å². The number of nitrogens with zero attached hydrogens (tertiary/aromatic N) is 5. The van der Waals surface area contributed by atoms with Crippen molar-refractivity contribution in [3.63, 3.8) is 0 Å². The number of carbonyl (C=O) groups is 1. The first-order chi connectivity index (χ1) is 15.7. The number of imidazole rings is 1. The van der Waals surface area contributed by atoms with E-state index in [1.807, 2.05) is 37.3 Å². The smallest absolute Gasteiger partial charge is 0.293 e. The number of nitrogens with two attached hydrogens (primary N) is 1. The average molecular weight is 466 g/mol. The lowest BCUT2D eigenvalue weighted by atomic mass is 10.1. The summed E-state index contributed by atoms with van der Waals surface area (Å²) in [5, 5.41) is 9.64. The number of benzene rings is 2. The van der Waals surface area contributed by atoms with Crippen LogP contribution >= 0.6 is 0 Å². The van der Waals surface area contributed by atoms with Gasteiger partial charge in [0, 0.05) is 19.7 Å². The van der Waals surface area contributed by atoms with Crippen molar-refractivity contribution in [2.24, 2.45) is 5.14 Å². The summed E-state index contributed by atoms with van der Waals surface area (Å²) in [6, 6.07) is 15.6. The third-order valence-electron chi connectivity index (χ3n) is 4.97. The minimum Gasteiger partial charge on any atom is -0.347 e. The zero-order chi connectivity index (χ0) is 23.6. The number of nitrogens with one attached hydrogen (secondary N) is 1. The monoisotopic (exact) mass is 465 g/mol. The van der Waals surface area contributed by atoms with E-state index in [1.54, 1.807) is 25.4 Å². The van der Waals surface area contributed by atoms with Crippen LogP contribution in [-0.2, 0) is 23.0 Å². The summed E-state index contributed by atoms with van der Waals surface area (Å²) in [6.45, 7) is 2.14. The van der Waals surface area contributed by atoms with E-state index in [4.69, 9.17) is 5.14 Å². The molecular weight excluding hydrogens is 442 g/mol. The van der Waals surface area contributed by atoms with Crippen LogP contribution in [0.4, 0.5) is 0 Å². The van der Waals surface area contributed by atoms with Crippen LogP contribution in [0.3, 0.4) is 0 Å². The molecule has 33 heavy (non-hydrogen) atoms. The Morgan fingerprint density at radius 2 is 1.79 bits per heavy atom. The number of aryl methyl sites for hydroxylation is 1. The van der Waals surface area contributed by atoms with Crippen LogP contribution in [0.2, 0.25) is 0 Å².